The van der Waals surface area contributed by atoms with E-state index in [4.69, 9.17) is 9.47 Å². The van der Waals surface area contributed by atoms with Gasteiger partial charge in [-0.3, -0.25) is 0 Å². The van der Waals surface area contributed by atoms with Gasteiger partial charge in [-0.25, -0.2) is 0 Å². The van der Waals surface area contributed by atoms with Crippen molar-refractivity contribution in [2.45, 2.75) is 50.4 Å². The summed E-state index contributed by atoms with van der Waals surface area (Å²) in [5, 5.41) is 13.2. The maximum absolute atomic E-state index is 9.81. The van der Waals surface area contributed by atoms with E-state index in [9.17, 15) is 5.11 Å². The van der Waals surface area contributed by atoms with Gasteiger partial charge in [0.15, 0.2) is 0 Å². The third-order valence-electron chi connectivity index (χ3n) is 3.50. The summed E-state index contributed by atoms with van der Waals surface area (Å²) in [6.45, 7) is 8.39. The highest BCUT2D eigenvalue weighted by atomic mass is 32.2. The fraction of sp³-hybridized carbons (Fsp3) is 1.00. The van der Waals surface area contributed by atoms with Crippen molar-refractivity contribution in [2.75, 3.05) is 45.3 Å². The summed E-state index contributed by atoms with van der Waals surface area (Å²) in [6.07, 6.45) is 4.41. The smallest absolute Gasteiger partial charge is 0.0897 e. The Morgan fingerprint density at radius 3 is 2.80 bits per heavy atom. The molecule has 1 heterocycles. The number of nitrogens with one attached hydrogen (secondary N) is 1. The van der Waals surface area contributed by atoms with E-state index >= 15 is 0 Å². The standard InChI is InChI=1S/C15H31NO3S/c1-3-4-7-18-8-9-19-12-14(17)11-16-13-15(2)6-5-10-20-15/h14,16-17H,3-13H2,1-2H3. The van der Waals surface area contributed by atoms with Crippen molar-refractivity contribution in [3.05, 3.63) is 0 Å². The number of rotatable bonds is 12. The predicted molar refractivity (Wildman–Crippen MR) is 85.5 cm³/mol. The largest absolute Gasteiger partial charge is 0.389 e. The van der Waals surface area contributed by atoms with Gasteiger partial charge in [0, 0.05) is 24.4 Å². The number of ether oxygens (including phenoxy) is 2. The summed E-state index contributed by atoms with van der Waals surface area (Å²) in [7, 11) is 0. The molecule has 5 heteroatoms. The van der Waals surface area contributed by atoms with E-state index in [1.54, 1.807) is 0 Å². The van der Waals surface area contributed by atoms with Crippen LogP contribution in [0.3, 0.4) is 0 Å². The summed E-state index contributed by atoms with van der Waals surface area (Å²) in [6, 6.07) is 0. The topological polar surface area (TPSA) is 50.7 Å². The second-order valence-electron chi connectivity index (χ2n) is 5.73. The highest BCUT2D eigenvalue weighted by Crippen LogP contribution is 2.36. The molecule has 1 aliphatic rings. The molecule has 1 rings (SSSR count). The monoisotopic (exact) mass is 305 g/mol. The van der Waals surface area contributed by atoms with Gasteiger partial charge in [-0.2, -0.15) is 11.8 Å². The molecular weight excluding hydrogens is 274 g/mol. The second kappa shape index (κ2) is 10.9. The molecule has 1 aliphatic heterocycles. The van der Waals surface area contributed by atoms with Gasteiger partial charge in [0.25, 0.3) is 0 Å². The number of unbranched alkanes of at least 4 members (excludes halogenated alkanes) is 1. The van der Waals surface area contributed by atoms with Crippen molar-refractivity contribution < 1.29 is 14.6 Å². The number of aliphatic hydroxyl groups is 1. The number of aliphatic hydroxyl groups excluding tert-OH is 1. The molecule has 0 aromatic heterocycles. The van der Waals surface area contributed by atoms with Crippen LogP contribution in [0.4, 0.5) is 0 Å². The third kappa shape index (κ3) is 8.47. The maximum atomic E-state index is 9.81. The Morgan fingerprint density at radius 2 is 2.10 bits per heavy atom. The molecule has 2 unspecified atom stereocenters. The zero-order valence-corrected chi connectivity index (χ0v) is 13.8. The van der Waals surface area contributed by atoms with Crippen LogP contribution in [0.2, 0.25) is 0 Å². The van der Waals surface area contributed by atoms with Gasteiger partial charge in [-0.15, -0.1) is 0 Å². The van der Waals surface area contributed by atoms with Gasteiger partial charge < -0.3 is 19.9 Å². The van der Waals surface area contributed by atoms with Crippen LogP contribution in [-0.4, -0.2) is 61.2 Å². The van der Waals surface area contributed by atoms with Gasteiger partial charge in [-0.1, -0.05) is 13.3 Å². The first-order valence-corrected chi connectivity index (χ1v) is 8.83. The Hall–Kier alpha value is 0.190. The van der Waals surface area contributed by atoms with E-state index in [1.165, 1.54) is 18.6 Å². The number of hydrogen-bond acceptors (Lipinski definition) is 5. The van der Waals surface area contributed by atoms with Crippen LogP contribution >= 0.6 is 11.8 Å². The molecule has 0 saturated carbocycles. The number of thioether (sulfide) groups is 1. The van der Waals surface area contributed by atoms with Crippen molar-refractivity contribution in [3.8, 4) is 0 Å². The first-order valence-electron chi connectivity index (χ1n) is 7.84. The zero-order valence-electron chi connectivity index (χ0n) is 13.0. The lowest BCUT2D eigenvalue weighted by atomic mass is 10.1. The predicted octanol–water partition coefficient (Wildman–Crippen LogP) is 2.06. The van der Waals surface area contributed by atoms with E-state index in [2.05, 4.69) is 19.2 Å². The Bertz CT molecular complexity index is 235. The van der Waals surface area contributed by atoms with Crippen LogP contribution in [0.15, 0.2) is 0 Å². The fourth-order valence-electron chi connectivity index (χ4n) is 2.22. The average molecular weight is 305 g/mol. The zero-order chi connectivity index (χ0) is 14.7. The van der Waals surface area contributed by atoms with Gasteiger partial charge in [-0.05, 0) is 31.9 Å². The third-order valence-corrected chi connectivity index (χ3v) is 5.04. The molecule has 2 atom stereocenters. The van der Waals surface area contributed by atoms with Crippen molar-refractivity contribution in [1.29, 1.82) is 0 Å². The fourth-order valence-corrected chi connectivity index (χ4v) is 3.50. The Kier molecular flexibility index (Phi) is 9.90. The van der Waals surface area contributed by atoms with E-state index in [0.29, 0.717) is 31.1 Å². The van der Waals surface area contributed by atoms with Crippen LogP contribution in [-0.2, 0) is 9.47 Å². The molecule has 1 saturated heterocycles. The van der Waals surface area contributed by atoms with Crippen molar-refractivity contribution in [2.24, 2.45) is 0 Å². The summed E-state index contributed by atoms with van der Waals surface area (Å²) in [5.74, 6) is 1.27. The highest BCUT2D eigenvalue weighted by Gasteiger charge is 2.28. The molecule has 4 nitrogen and oxygen atoms in total. The molecule has 0 bridgehead atoms. The lowest BCUT2D eigenvalue weighted by Crippen LogP contribution is -2.38. The summed E-state index contributed by atoms with van der Waals surface area (Å²) < 4.78 is 11.2. The van der Waals surface area contributed by atoms with Crippen LogP contribution < -0.4 is 5.32 Å². The average Bonchev–Trinajstić information content (AvgIpc) is 2.85. The lowest BCUT2D eigenvalue weighted by Gasteiger charge is -2.23. The molecule has 0 spiro atoms. The summed E-state index contributed by atoms with van der Waals surface area (Å²) >= 11 is 2.04. The highest BCUT2D eigenvalue weighted by molar-refractivity contribution is 8.00. The molecule has 0 amide bonds. The van der Waals surface area contributed by atoms with Crippen molar-refractivity contribution >= 4 is 11.8 Å². The minimum Gasteiger partial charge on any atom is -0.389 e. The molecule has 0 aromatic rings. The molecule has 0 aliphatic carbocycles. The Balaban J connectivity index is 1.88. The molecule has 0 aromatic carbocycles. The van der Waals surface area contributed by atoms with E-state index in [1.807, 2.05) is 11.8 Å². The summed E-state index contributed by atoms with van der Waals surface area (Å²) in [4.78, 5) is 0. The van der Waals surface area contributed by atoms with Crippen molar-refractivity contribution in [3.63, 3.8) is 0 Å². The first kappa shape index (κ1) is 18.2. The van der Waals surface area contributed by atoms with Crippen LogP contribution in [0, 0.1) is 0 Å². The summed E-state index contributed by atoms with van der Waals surface area (Å²) in [5.41, 5.74) is 0. The molecule has 0 radical (unpaired) electrons. The van der Waals surface area contributed by atoms with E-state index in [-0.39, 0.29) is 0 Å². The minimum atomic E-state index is -0.430. The lowest BCUT2D eigenvalue weighted by molar-refractivity contribution is 0.00386. The van der Waals surface area contributed by atoms with E-state index < -0.39 is 6.10 Å². The molecule has 20 heavy (non-hydrogen) atoms. The second-order valence-corrected chi connectivity index (χ2v) is 7.41. The van der Waals surface area contributed by atoms with Gasteiger partial charge in [0.2, 0.25) is 0 Å². The van der Waals surface area contributed by atoms with E-state index in [0.717, 1.165) is 26.0 Å². The Morgan fingerprint density at radius 1 is 1.30 bits per heavy atom. The van der Waals surface area contributed by atoms with Crippen LogP contribution in [0.5, 0.6) is 0 Å². The Labute approximate surface area is 128 Å². The van der Waals surface area contributed by atoms with Gasteiger partial charge in [0.05, 0.1) is 25.9 Å². The molecule has 1 fully saturated rings. The van der Waals surface area contributed by atoms with Crippen LogP contribution in [0.1, 0.15) is 39.5 Å². The normalized spacial score (nSPS) is 24.1. The maximum Gasteiger partial charge on any atom is 0.0897 e. The first-order chi connectivity index (χ1) is 9.66. The van der Waals surface area contributed by atoms with Gasteiger partial charge in [0.1, 0.15) is 0 Å². The minimum absolute atomic E-state index is 0.355. The van der Waals surface area contributed by atoms with Crippen molar-refractivity contribution in [1.82, 2.24) is 5.32 Å². The SMILES string of the molecule is CCCCOCCOCC(O)CNCC1(C)CCCS1. The molecule has 120 valence electrons. The van der Waals surface area contributed by atoms with Crippen LogP contribution in [0.25, 0.3) is 0 Å². The van der Waals surface area contributed by atoms with Gasteiger partial charge >= 0.3 is 0 Å². The molecular formula is C15H31NO3S. The quantitative estimate of drug-likeness (QED) is 0.541. The number of hydrogen-bond donors (Lipinski definition) is 2. The molecule has 2 N–H and O–H groups in total.